The van der Waals surface area contributed by atoms with Gasteiger partial charge in [-0.3, -0.25) is 4.90 Å². The zero-order valence-corrected chi connectivity index (χ0v) is 12.8. The van der Waals surface area contributed by atoms with Crippen molar-refractivity contribution >= 4 is 0 Å². The summed E-state index contributed by atoms with van der Waals surface area (Å²) in [4.78, 5) is 4.74. The van der Waals surface area contributed by atoms with Gasteiger partial charge in [0.2, 0.25) is 0 Å². The molecule has 19 heavy (non-hydrogen) atoms. The monoisotopic (exact) mass is 263 g/mol. The summed E-state index contributed by atoms with van der Waals surface area (Å²) in [5.41, 5.74) is 7.57. The molecule has 3 nitrogen and oxygen atoms in total. The second-order valence-corrected chi connectivity index (χ2v) is 5.55. The highest BCUT2D eigenvalue weighted by Crippen LogP contribution is 2.23. The Labute approximate surface area is 118 Å². The Morgan fingerprint density at radius 3 is 2.16 bits per heavy atom. The molecular weight excluding hydrogens is 234 g/mol. The van der Waals surface area contributed by atoms with Crippen molar-refractivity contribution in [3.63, 3.8) is 0 Å². The molecule has 0 aliphatic heterocycles. The van der Waals surface area contributed by atoms with E-state index in [1.807, 2.05) is 0 Å². The maximum Gasteiger partial charge on any atom is 0.0497 e. The number of hydrogen-bond acceptors (Lipinski definition) is 3. The molecule has 1 rings (SSSR count). The fourth-order valence-electron chi connectivity index (χ4n) is 2.50. The molecule has 0 heterocycles. The van der Waals surface area contributed by atoms with Gasteiger partial charge in [-0.25, -0.2) is 0 Å². The SMILES string of the molecule is CCCN(CCN(C)C)C(c1ccccc1)C(C)N. The molecule has 2 N–H and O–H groups in total. The summed E-state index contributed by atoms with van der Waals surface area (Å²) in [6.07, 6.45) is 1.16. The molecule has 0 spiro atoms. The molecule has 0 saturated heterocycles. The van der Waals surface area contributed by atoms with Gasteiger partial charge in [0.05, 0.1) is 0 Å². The van der Waals surface area contributed by atoms with Crippen molar-refractivity contribution in [2.45, 2.75) is 32.4 Å². The van der Waals surface area contributed by atoms with Gasteiger partial charge in [0.1, 0.15) is 0 Å². The Kier molecular flexibility index (Phi) is 7.06. The van der Waals surface area contributed by atoms with Crippen LogP contribution in [0.5, 0.6) is 0 Å². The highest BCUT2D eigenvalue weighted by atomic mass is 15.2. The van der Waals surface area contributed by atoms with Crippen molar-refractivity contribution in [3.8, 4) is 0 Å². The topological polar surface area (TPSA) is 32.5 Å². The fourth-order valence-corrected chi connectivity index (χ4v) is 2.50. The third-order valence-corrected chi connectivity index (χ3v) is 3.38. The number of benzene rings is 1. The van der Waals surface area contributed by atoms with Crippen molar-refractivity contribution in [3.05, 3.63) is 35.9 Å². The molecule has 0 aliphatic rings. The first-order valence-electron chi connectivity index (χ1n) is 7.25. The number of nitrogens with zero attached hydrogens (tertiary/aromatic N) is 2. The molecule has 0 aromatic heterocycles. The van der Waals surface area contributed by atoms with E-state index in [1.165, 1.54) is 5.56 Å². The van der Waals surface area contributed by atoms with Crippen LogP contribution in [-0.4, -0.2) is 49.6 Å². The molecule has 3 heteroatoms. The minimum absolute atomic E-state index is 0.135. The van der Waals surface area contributed by atoms with Crippen molar-refractivity contribution < 1.29 is 0 Å². The summed E-state index contributed by atoms with van der Waals surface area (Å²) in [7, 11) is 4.24. The molecule has 0 bridgehead atoms. The highest BCUT2D eigenvalue weighted by Gasteiger charge is 2.23. The van der Waals surface area contributed by atoms with Crippen LogP contribution in [0.2, 0.25) is 0 Å². The number of nitrogens with two attached hydrogens (primary N) is 1. The van der Waals surface area contributed by atoms with Gasteiger partial charge in [0.25, 0.3) is 0 Å². The molecule has 108 valence electrons. The normalized spacial score (nSPS) is 14.9. The Morgan fingerprint density at radius 2 is 1.68 bits per heavy atom. The summed E-state index contributed by atoms with van der Waals surface area (Å²) in [6.45, 7) is 7.55. The van der Waals surface area contributed by atoms with E-state index in [0.29, 0.717) is 6.04 Å². The van der Waals surface area contributed by atoms with Crippen molar-refractivity contribution in [1.82, 2.24) is 9.80 Å². The highest BCUT2D eigenvalue weighted by molar-refractivity contribution is 5.20. The molecule has 0 saturated carbocycles. The van der Waals surface area contributed by atoms with Gasteiger partial charge in [-0.05, 0) is 39.5 Å². The van der Waals surface area contributed by atoms with E-state index in [0.717, 1.165) is 26.1 Å². The molecule has 2 atom stereocenters. The van der Waals surface area contributed by atoms with Crippen LogP contribution in [0.15, 0.2) is 30.3 Å². The average Bonchev–Trinajstić information content (AvgIpc) is 2.37. The third kappa shape index (κ3) is 5.31. The molecule has 2 unspecified atom stereocenters. The van der Waals surface area contributed by atoms with E-state index in [9.17, 15) is 0 Å². The zero-order valence-electron chi connectivity index (χ0n) is 12.8. The minimum Gasteiger partial charge on any atom is -0.326 e. The first kappa shape index (κ1) is 16.2. The lowest BCUT2D eigenvalue weighted by molar-refractivity contribution is 0.161. The van der Waals surface area contributed by atoms with Crippen LogP contribution in [0.25, 0.3) is 0 Å². The fraction of sp³-hybridized carbons (Fsp3) is 0.625. The van der Waals surface area contributed by atoms with E-state index in [2.05, 4.69) is 68.1 Å². The lowest BCUT2D eigenvalue weighted by Crippen LogP contribution is -2.42. The first-order valence-corrected chi connectivity index (χ1v) is 7.25. The van der Waals surface area contributed by atoms with E-state index in [-0.39, 0.29) is 6.04 Å². The minimum atomic E-state index is 0.135. The second-order valence-electron chi connectivity index (χ2n) is 5.55. The smallest absolute Gasteiger partial charge is 0.0497 e. The number of likely N-dealkylation sites (N-methyl/N-ethyl adjacent to an activating group) is 1. The van der Waals surface area contributed by atoms with E-state index in [1.54, 1.807) is 0 Å². The summed E-state index contributed by atoms with van der Waals surface area (Å²) in [6, 6.07) is 11.1. The van der Waals surface area contributed by atoms with Crippen molar-refractivity contribution in [2.24, 2.45) is 5.73 Å². The van der Waals surface area contributed by atoms with E-state index >= 15 is 0 Å². The van der Waals surface area contributed by atoms with Gasteiger partial charge in [0, 0.05) is 25.2 Å². The lowest BCUT2D eigenvalue weighted by Gasteiger charge is -2.35. The summed E-state index contributed by atoms with van der Waals surface area (Å²) in [5.74, 6) is 0. The molecular formula is C16H29N3. The number of rotatable bonds is 8. The largest absolute Gasteiger partial charge is 0.326 e. The van der Waals surface area contributed by atoms with Crippen molar-refractivity contribution in [1.29, 1.82) is 0 Å². The molecule has 1 aromatic rings. The predicted octanol–water partition coefficient (Wildman–Crippen LogP) is 2.35. The van der Waals surface area contributed by atoms with Gasteiger partial charge < -0.3 is 10.6 Å². The van der Waals surface area contributed by atoms with Gasteiger partial charge in [0.15, 0.2) is 0 Å². The summed E-state index contributed by atoms with van der Waals surface area (Å²) < 4.78 is 0. The van der Waals surface area contributed by atoms with Gasteiger partial charge in [-0.15, -0.1) is 0 Å². The Balaban J connectivity index is 2.86. The maximum absolute atomic E-state index is 6.25. The Bertz CT molecular complexity index is 335. The standard InChI is InChI=1S/C16H29N3/c1-5-11-19(13-12-18(3)4)16(14(2)17)15-9-7-6-8-10-15/h6-10,14,16H,5,11-13,17H2,1-4H3. The maximum atomic E-state index is 6.25. The molecule has 0 aliphatic carbocycles. The van der Waals surface area contributed by atoms with Crippen LogP contribution in [-0.2, 0) is 0 Å². The van der Waals surface area contributed by atoms with E-state index in [4.69, 9.17) is 5.73 Å². The van der Waals surface area contributed by atoms with E-state index < -0.39 is 0 Å². The van der Waals surface area contributed by atoms with Crippen LogP contribution in [0, 0.1) is 0 Å². The van der Waals surface area contributed by atoms with Crippen LogP contribution in [0.1, 0.15) is 31.9 Å². The van der Waals surface area contributed by atoms with Crippen LogP contribution in [0.3, 0.4) is 0 Å². The summed E-state index contributed by atoms with van der Waals surface area (Å²) in [5, 5.41) is 0. The molecule has 0 fully saturated rings. The Morgan fingerprint density at radius 1 is 1.05 bits per heavy atom. The molecule has 1 aromatic carbocycles. The molecule has 0 radical (unpaired) electrons. The summed E-state index contributed by atoms with van der Waals surface area (Å²) >= 11 is 0. The van der Waals surface area contributed by atoms with Gasteiger partial charge >= 0.3 is 0 Å². The van der Waals surface area contributed by atoms with Gasteiger partial charge in [-0.1, -0.05) is 37.3 Å². The van der Waals surface area contributed by atoms with Crippen LogP contribution < -0.4 is 5.73 Å². The quantitative estimate of drug-likeness (QED) is 0.781. The lowest BCUT2D eigenvalue weighted by atomic mass is 9.99. The molecule has 0 amide bonds. The Hall–Kier alpha value is -0.900. The van der Waals surface area contributed by atoms with Crippen LogP contribution >= 0.6 is 0 Å². The number of hydrogen-bond donors (Lipinski definition) is 1. The van der Waals surface area contributed by atoms with Gasteiger partial charge in [-0.2, -0.15) is 0 Å². The third-order valence-electron chi connectivity index (χ3n) is 3.38. The average molecular weight is 263 g/mol. The van der Waals surface area contributed by atoms with Crippen LogP contribution in [0.4, 0.5) is 0 Å². The second kappa shape index (κ2) is 8.31. The van der Waals surface area contributed by atoms with Crippen molar-refractivity contribution in [2.75, 3.05) is 33.7 Å². The first-order chi connectivity index (χ1) is 9.06. The zero-order chi connectivity index (χ0) is 14.3. The predicted molar refractivity (Wildman–Crippen MR) is 83.3 cm³/mol.